The fourth-order valence-corrected chi connectivity index (χ4v) is 1.80. The summed E-state index contributed by atoms with van der Waals surface area (Å²) in [4.78, 5) is 11.5. The molecule has 1 aromatic heterocycles. The van der Waals surface area contributed by atoms with Gasteiger partial charge in [0.25, 0.3) is 5.56 Å². The van der Waals surface area contributed by atoms with Gasteiger partial charge in [0, 0.05) is 25.0 Å². The number of aryl methyl sites for hydroxylation is 2. The molecule has 2 N–H and O–H groups in total. The minimum absolute atomic E-state index is 0. The van der Waals surface area contributed by atoms with Gasteiger partial charge in [0.05, 0.1) is 5.52 Å². The van der Waals surface area contributed by atoms with Crippen LogP contribution in [0.1, 0.15) is 11.1 Å². The van der Waals surface area contributed by atoms with Crippen molar-refractivity contribution in [1.82, 2.24) is 4.57 Å². The molecule has 4 heteroatoms. The van der Waals surface area contributed by atoms with Gasteiger partial charge in [0.15, 0.2) is 0 Å². The molecular formula is C12H15ClN2O. The lowest BCUT2D eigenvalue weighted by atomic mass is 10.1. The number of nitrogens with zero attached hydrogens (tertiary/aromatic N) is 1. The van der Waals surface area contributed by atoms with E-state index in [1.165, 1.54) is 0 Å². The zero-order valence-electron chi connectivity index (χ0n) is 9.36. The van der Waals surface area contributed by atoms with E-state index in [4.69, 9.17) is 5.73 Å². The summed E-state index contributed by atoms with van der Waals surface area (Å²) in [7, 11) is 1.78. The van der Waals surface area contributed by atoms with Crippen molar-refractivity contribution in [3.63, 3.8) is 0 Å². The Morgan fingerprint density at radius 1 is 1.31 bits per heavy atom. The van der Waals surface area contributed by atoms with Crippen LogP contribution < -0.4 is 11.3 Å². The standard InChI is InChI=1S/C12H14N2O.ClH/c1-8-5-12(15)14(2)11-4-3-9(7-13)6-10(8)11;/h3-6H,7,13H2,1-2H3;1H. The van der Waals surface area contributed by atoms with E-state index >= 15 is 0 Å². The second-order valence-electron chi connectivity index (χ2n) is 3.78. The predicted octanol–water partition coefficient (Wildman–Crippen LogP) is 1.73. The average molecular weight is 239 g/mol. The smallest absolute Gasteiger partial charge is 0.251 e. The van der Waals surface area contributed by atoms with E-state index in [2.05, 4.69) is 0 Å². The molecule has 0 amide bonds. The Hall–Kier alpha value is -1.32. The van der Waals surface area contributed by atoms with Crippen LogP contribution in [0.25, 0.3) is 10.9 Å². The molecule has 0 spiro atoms. The molecule has 16 heavy (non-hydrogen) atoms. The fraction of sp³-hybridized carbons (Fsp3) is 0.250. The van der Waals surface area contributed by atoms with Crippen LogP contribution in [0.5, 0.6) is 0 Å². The monoisotopic (exact) mass is 238 g/mol. The van der Waals surface area contributed by atoms with Crippen LogP contribution in [-0.4, -0.2) is 4.57 Å². The Morgan fingerprint density at radius 2 is 2.00 bits per heavy atom. The number of halogens is 1. The molecule has 86 valence electrons. The Labute approximate surface area is 100 Å². The largest absolute Gasteiger partial charge is 0.326 e. The number of fused-ring (bicyclic) bond motifs is 1. The predicted molar refractivity (Wildman–Crippen MR) is 69.1 cm³/mol. The third kappa shape index (κ3) is 1.96. The van der Waals surface area contributed by atoms with Gasteiger partial charge in [-0.15, -0.1) is 12.4 Å². The summed E-state index contributed by atoms with van der Waals surface area (Å²) in [5.74, 6) is 0. The second kappa shape index (κ2) is 4.68. The summed E-state index contributed by atoms with van der Waals surface area (Å²) >= 11 is 0. The lowest BCUT2D eigenvalue weighted by molar-refractivity contribution is 0.902. The first-order valence-corrected chi connectivity index (χ1v) is 4.93. The molecule has 0 aliphatic rings. The van der Waals surface area contributed by atoms with Crippen LogP contribution in [0.4, 0.5) is 0 Å². The minimum atomic E-state index is 0. The zero-order valence-corrected chi connectivity index (χ0v) is 10.2. The van der Waals surface area contributed by atoms with Gasteiger partial charge in [-0.1, -0.05) is 6.07 Å². The maximum atomic E-state index is 11.5. The molecule has 0 fully saturated rings. The van der Waals surface area contributed by atoms with E-state index in [-0.39, 0.29) is 18.0 Å². The first-order valence-electron chi connectivity index (χ1n) is 4.93. The summed E-state index contributed by atoms with van der Waals surface area (Å²) in [6.07, 6.45) is 0. The van der Waals surface area contributed by atoms with Gasteiger partial charge in [0.2, 0.25) is 0 Å². The number of hydrogen-bond acceptors (Lipinski definition) is 2. The highest BCUT2D eigenvalue weighted by atomic mass is 35.5. The van der Waals surface area contributed by atoms with Crippen LogP contribution in [0.15, 0.2) is 29.1 Å². The lowest BCUT2D eigenvalue weighted by Gasteiger charge is -2.08. The summed E-state index contributed by atoms with van der Waals surface area (Å²) in [6.45, 7) is 2.47. The molecule has 1 aromatic carbocycles. The highest BCUT2D eigenvalue weighted by molar-refractivity contribution is 5.85. The number of rotatable bonds is 1. The quantitative estimate of drug-likeness (QED) is 0.823. The molecule has 0 unspecified atom stereocenters. The van der Waals surface area contributed by atoms with Crippen LogP contribution in [0, 0.1) is 6.92 Å². The van der Waals surface area contributed by atoms with Gasteiger partial charge in [-0.2, -0.15) is 0 Å². The number of aromatic nitrogens is 1. The normalized spacial score (nSPS) is 10.2. The molecule has 2 aromatic rings. The third-order valence-electron chi connectivity index (χ3n) is 2.75. The van der Waals surface area contributed by atoms with E-state index in [1.54, 1.807) is 17.7 Å². The molecule has 0 aliphatic heterocycles. The van der Waals surface area contributed by atoms with Crippen LogP contribution >= 0.6 is 12.4 Å². The fourth-order valence-electron chi connectivity index (χ4n) is 1.80. The molecule has 0 radical (unpaired) electrons. The molecule has 1 heterocycles. The van der Waals surface area contributed by atoms with Crippen molar-refractivity contribution in [2.75, 3.05) is 0 Å². The molecule has 0 aliphatic carbocycles. The average Bonchev–Trinajstić information content (AvgIpc) is 2.25. The Morgan fingerprint density at radius 3 is 2.62 bits per heavy atom. The molecule has 0 atom stereocenters. The summed E-state index contributed by atoms with van der Waals surface area (Å²) in [6, 6.07) is 7.61. The van der Waals surface area contributed by atoms with E-state index in [9.17, 15) is 4.79 Å². The van der Waals surface area contributed by atoms with Crippen LogP contribution in [-0.2, 0) is 13.6 Å². The Balaban J connectivity index is 0.00000128. The van der Waals surface area contributed by atoms with Gasteiger partial charge >= 0.3 is 0 Å². The van der Waals surface area contributed by atoms with Crippen molar-refractivity contribution in [3.8, 4) is 0 Å². The third-order valence-corrected chi connectivity index (χ3v) is 2.75. The molecular weight excluding hydrogens is 224 g/mol. The highest BCUT2D eigenvalue weighted by Gasteiger charge is 2.03. The SMILES string of the molecule is Cc1cc(=O)n(C)c2ccc(CN)cc12.Cl. The first-order chi connectivity index (χ1) is 7.13. The number of benzene rings is 1. The maximum absolute atomic E-state index is 11.5. The summed E-state index contributed by atoms with van der Waals surface area (Å²) < 4.78 is 1.66. The van der Waals surface area contributed by atoms with Crippen LogP contribution in [0.2, 0.25) is 0 Å². The first kappa shape index (κ1) is 12.7. The molecule has 0 saturated heterocycles. The summed E-state index contributed by atoms with van der Waals surface area (Å²) in [5.41, 5.74) is 8.66. The minimum Gasteiger partial charge on any atom is -0.326 e. The molecule has 2 rings (SSSR count). The molecule has 3 nitrogen and oxygen atoms in total. The topological polar surface area (TPSA) is 48.0 Å². The Kier molecular flexibility index (Phi) is 3.73. The van der Waals surface area contributed by atoms with Crippen molar-refractivity contribution in [3.05, 3.63) is 45.7 Å². The van der Waals surface area contributed by atoms with Crippen molar-refractivity contribution < 1.29 is 0 Å². The van der Waals surface area contributed by atoms with Crippen molar-refractivity contribution in [2.45, 2.75) is 13.5 Å². The van der Waals surface area contributed by atoms with Gasteiger partial charge in [-0.05, 0) is 30.2 Å². The Bertz CT molecular complexity index is 575. The summed E-state index contributed by atoms with van der Waals surface area (Å²) in [5, 5.41) is 1.10. The lowest BCUT2D eigenvalue weighted by Crippen LogP contribution is -2.16. The molecule has 0 bridgehead atoms. The number of nitrogens with two attached hydrogens (primary N) is 1. The van der Waals surface area contributed by atoms with Crippen LogP contribution in [0.3, 0.4) is 0 Å². The van der Waals surface area contributed by atoms with Gasteiger partial charge in [0.1, 0.15) is 0 Å². The van der Waals surface area contributed by atoms with E-state index in [0.29, 0.717) is 6.54 Å². The van der Waals surface area contributed by atoms with E-state index in [1.807, 2.05) is 25.1 Å². The second-order valence-corrected chi connectivity index (χ2v) is 3.78. The maximum Gasteiger partial charge on any atom is 0.251 e. The van der Waals surface area contributed by atoms with Gasteiger partial charge in [-0.25, -0.2) is 0 Å². The zero-order chi connectivity index (χ0) is 11.0. The van der Waals surface area contributed by atoms with Crippen molar-refractivity contribution in [1.29, 1.82) is 0 Å². The van der Waals surface area contributed by atoms with Gasteiger partial charge < -0.3 is 10.3 Å². The number of pyridine rings is 1. The molecule has 0 saturated carbocycles. The van der Waals surface area contributed by atoms with Crippen molar-refractivity contribution in [2.24, 2.45) is 12.8 Å². The van der Waals surface area contributed by atoms with Gasteiger partial charge in [-0.3, -0.25) is 4.79 Å². The number of hydrogen-bond donors (Lipinski definition) is 1. The highest BCUT2D eigenvalue weighted by Crippen LogP contribution is 2.17. The van der Waals surface area contributed by atoms with E-state index < -0.39 is 0 Å². The van der Waals surface area contributed by atoms with Crippen molar-refractivity contribution >= 4 is 23.3 Å². The van der Waals surface area contributed by atoms with E-state index in [0.717, 1.165) is 22.0 Å².